The van der Waals surface area contributed by atoms with Gasteiger partial charge >= 0.3 is 0 Å². The Kier molecular flexibility index (Phi) is 3.80. The minimum atomic E-state index is -0.213. The first-order valence-electron chi connectivity index (χ1n) is 7.81. The number of nitrogens with zero attached hydrogens (tertiary/aromatic N) is 1. The Morgan fingerprint density at radius 2 is 1.78 bits per heavy atom. The smallest absolute Gasteiger partial charge is 0.224 e. The first kappa shape index (κ1) is 15.5. The van der Waals surface area contributed by atoms with Gasteiger partial charge in [0.15, 0.2) is 6.20 Å². The molecule has 3 rings (SSSR count). The molecule has 0 amide bonds. The Labute approximate surface area is 135 Å². The maximum Gasteiger partial charge on any atom is 0.224 e. The minimum Gasteiger partial charge on any atom is -0.618 e. The summed E-state index contributed by atoms with van der Waals surface area (Å²) >= 11 is 0. The Morgan fingerprint density at radius 3 is 2.43 bits per heavy atom. The highest BCUT2D eigenvalue weighted by molar-refractivity contribution is 5.95. The first-order chi connectivity index (χ1) is 10.9. The van der Waals surface area contributed by atoms with Crippen molar-refractivity contribution >= 4 is 10.9 Å². The van der Waals surface area contributed by atoms with Crippen molar-refractivity contribution in [3.05, 3.63) is 70.3 Å². The van der Waals surface area contributed by atoms with Gasteiger partial charge in [-0.25, -0.2) is 4.39 Å². The molecule has 0 N–H and O–H groups in total. The largest absolute Gasteiger partial charge is 0.618 e. The molecule has 23 heavy (non-hydrogen) atoms. The van der Waals surface area contributed by atoms with Gasteiger partial charge in [-0.3, -0.25) is 0 Å². The molecule has 0 radical (unpaired) electrons. The van der Waals surface area contributed by atoms with E-state index in [4.69, 9.17) is 0 Å². The summed E-state index contributed by atoms with van der Waals surface area (Å²) in [6.45, 7) is 7.86. The molecular formula is C20H20FNO. The topological polar surface area (TPSA) is 26.9 Å². The molecule has 0 atom stereocenters. The number of aromatic nitrogens is 1. The second-order valence-electron chi connectivity index (χ2n) is 6.42. The highest BCUT2D eigenvalue weighted by Crippen LogP contribution is 2.35. The fourth-order valence-corrected chi connectivity index (χ4v) is 3.01. The third-order valence-electron chi connectivity index (χ3n) is 4.27. The van der Waals surface area contributed by atoms with Crippen molar-refractivity contribution in [3.8, 4) is 11.1 Å². The van der Waals surface area contributed by atoms with Crippen LogP contribution in [0.1, 0.15) is 36.5 Å². The van der Waals surface area contributed by atoms with Crippen LogP contribution in [0.3, 0.4) is 0 Å². The Hall–Kier alpha value is -2.42. The van der Waals surface area contributed by atoms with Crippen molar-refractivity contribution in [2.45, 2.75) is 33.6 Å². The quantitative estimate of drug-likeness (QED) is 0.482. The van der Waals surface area contributed by atoms with E-state index < -0.39 is 0 Å². The lowest BCUT2D eigenvalue weighted by atomic mass is 9.90. The molecule has 0 saturated heterocycles. The van der Waals surface area contributed by atoms with Gasteiger partial charge in [0.2, 0.25) is 5.52 Å². The van der Waals surface area contributed by atoms with Gasteiger partial charge in [-0.05, 0) is 54.7 Å². The van der Waals surface area contributed by atoms with Gasteiger partial charge < -0.3 is 5.21 Å². The zero-order valence-corrected chi connectivity index (χ0v) is 13.9. The van der Waals surface area contributed by atoms with Gasteiger partial charge in [-0.15, -0.1) is 0 Å². The summed E-state index contributed by atoms with van der Waals surface area (Å²) in [4.78, 5) is 0. The van der Waals surface area contributed by atoms with Crippen molar-refractivity contribution in [1.82, 2.24) is 0 Å². The Morgan fingerprint density at radius 1 is 1.04 bits per heavy atom. The van der Waals surface area contributed by atoms with Crippen molar-refractivity contribution in [2.24, 2.45) is 0 Å². The lowest BCUT2D eigenvalue weighted by Gasteiger charge is -2.16. The number of rotatable bonds is 2. The van der Waals surface area contributed by atoms with E-state index in [1.807, 2.05) is 31.2 Å². The van der Waals surface area contributed by atoms with Gasteiger partial charge in [0.1, 0.15) is 5.82 Å². The van der Waals surface area contributed by atoms with Crippen molar-refractivity contribution in [3.63, 3.8) is 0 Å². The van der Waals surface area contributed by atoms with E-state index in [0.29, 0.717) is 11.1 Å². The fraction of sp³-hybridized carbons (Fsp3) is 0.250. The average Bonchev–Trinajstić information content (AvgIpc) is 2.50. The number of aryl methyl sites for hydroxylation is 2. The third kappa shape index (κ3) is 2.67. The van der Waals surface area contributed by atoms with Crippen LogP contribution in [-0.2, 0) is 0 Å². The normalized spacial score (nSPS) is 11.4. The van der Waals surface area contributed by atoms with Gasteiger partial charge in [0.25, 0.3) is 0 Å². The van der Waals surface area contributed by atoms with Crippen molar-refractivity contribution in [1.29, 1.82) is 0 Å². The lowest BCUT2D eigenvalue weighted by molar-refractivity contribution is -0.577. The molecule has 0 aliphatic carbocycles. The summed E-state index contributed by atoms with van der Waals surface area (Å²) in [6.07, 6.45) is 1.65. The zero-order chi connectivity index (χ0) is 16.7. The molecule has 1 aromatic heterocycles. The van der Waals surface area contributed by atoms with Crippen LogP contribution < -0.4 is 4.73 Å². The number of hydrogen-bond donors (Lipinski definition) is 0. The van der Waals surface area contributed by atoms with Crippen LogP contribution in [0.5, 0.6) is 0 Å². The molecule has 0 saturated carbocycles. The van der Waals surface area contributed by atoms with Crippen LogP contribution in [-0.4, -0.2) is 0 Å². The van der Waals surface area contributed by atoms with Gasteiger partial charge in [-0.2, -0.15) is 4.73 Å². The van der Waals surface area contributed by atoms with E-state index in [0.717, 1.165) is 32.4 Å². The van der Waals surface area contributed by atoms with Crippen LogP contribution >= 0.6 is 0 Å². The van der Waals surface area contributed by atoms with E-state index in [9.17, 15) is 9.60 Å². The molecule has 3 aromatic rings. The predicted octanol–water partition coefficient (Wildman–Crippen LogP) is 5.02. The summed E-state index contributed by atoms with van der Waals surface area (Å²) in [5.74, 6) is -0.0175. The number of pyridine rings is 1. The zero-order valence-electron chi connectivity index (χ0n) is 13.9. The Balaban J connectivity index is 2.43. The maximum atomic E-state index is 13.7. The van der Waals surface area contributed by atoms with E-state index in [-0.39, 0.29) is 11.7 Å². The second-order valence-corrected chi connectivity index (χ2v) is 6.42. The van der Waals surface area contributed by atoms with E-state index in [1.54, 1.807) is 19.2 Å². The van der Waals surface area contributed by atoms with Gasteiger partial charge in [-0.1, -0.05) is 26.0 Å². The van der Waals surface area contributed by atoms with Crippen LogP contribution in [0.2, 0.25) is 0 Å². The summed E-state index contributed by atoms with van der Waals surface area (Å²) in [7, 11) is 0. The molecule has 3 heteroatoms. The molecule has 0 fully saturated rings. The van der Waals surface area contributed by atoms with Crippen LogP contribution in [0.15, 0.2) is 42.6 Å². The molecule has 2 nitrogen and oxygen atoms in total. The van der Waals surface area contributed by atoms with Gasteiger partial charge in [0.05, 0.1) is 5.39 Å². The highest BCUT2D eigenvalue weighted by Gasteiger charge is 2.19. The molecule has 0 aliphatic heterocycles. The molecule has 0 spiro atoms. The van der Waals surface area contributed by atoms with E-state index >= 15 is 0 Å². The summed E-state index contributed by atoms with van der Waals surface area (Å²) < 4.78 is 14.6. The molecule has 0 aliphatic rings. The van der Waals surface area contributed by atoms with Crippen LogP contribution in [0, 0.1) is 24.9 Å². The predicted molar refractivity (Wildman–Crippen MR) is 91.9 cm³/mol. The van der Waals surface area contributed by atoms with Crippen LogP contribution in [0.25, 0.3) is 22.0 Å². The second kappa shape index (κ2) is 5.65. The maximum absolute atomic E-state index is 13.7. The van der Waals surface area contributed by atoms with Crippen molar-refractivity contribution in [2.75, 3.05) is 0 Å². The third-order valence-corrected chi connectivity index (χ3v) is 4.27. The Bertz CT molecular complexity index is 900. The fourth-order valence-electron chi connectivity index (χ4n) is 3.01. The minimum absolute atomic E-state index is 0.196. The molecular weight excluding hydrogens is 289 g/mol. The van der Waals surface area contributed by atoms with Gasteiger partial charge in [0, 0.05) is 17.2 Å². The van der Waals surface area contributed by atoms with E-state index in [2.05, 4.69) is 13.8 Å². The molecule has 1 heterocycles. The summed E-state index contributed by atoms with van der Waals surface area (Å²) in [5, 5.41) is 13.3. The number of fused-ring (bicyclic) bond motifs is 1. The SMILES string of the molecule is Cc1ccc2c(-c3ccc(F)c(C)c3)c(C(C)C)c[n+]([O-])c2c1. The first-order valence-corrected chi connectivity index (χ1v) is 7.81. The summed E-state index contributed by atoms with van der Waals surface area (Å²) in [5.41, 5.74) is 5.23. The lowest BCUT2D eigenvalue weighted by Crippen LogP contribution is -2.28. The average molecular weight is 309 g/mol. The molecule has 118 valence electrons. The van der Waals surface area contributed by atoms with Crippen molar-refractivity contribution < 1.29 is 9.12 Å². The number of halogens is 1. The van der Waals surface area contributed by atoms with E-state index in [1.165, 1.54) is 6.07 Å². The summed E-state index contributed by atoms with van der Waals surface area (Å²) in [6, 6.07) is 11.0. The van der Waals surface area contributed by atoms with Crippen LogP contribution in [0.4, 0.5) is 4.39 Å². The molecule has 0 bridgehead atoms. The number of benzene rings is 2. The monoisotopic (exact) mass is 309 g/mol. The highest BCUT2D eigenvalue weighted by atomic mass is 19.1. The molecule has 2 aromatic carbocycles. The number of hydrogen-bond acceptors (Lipinski definition) is 1. The molecule has 0 unspecified atom stereocenters. The standard InChI is InChI=1S/C20H20FNO/c1-12(2)17-11-22(23)19-9-13(3)5-7-16(19)20(17)15-6-8-18(21)14(4)10-15/h5-12H,1-4H3.